The highest BCUT2D eigenvalue weighted by atomic mass is 35.5. The van der Waals surface area contributed by atoms with Gasteiger partial charge < -0.3 is 10.6 Å². The Morgan fingerprint density at radius 2 is 1.92 bits per heavy atom. The van der Waals surface area contributed by atoms with E-state index in [0.29, 0.717) is 28.3 Å². The molecule has 3 aromatic rings. The SMILES string of the molecule is O=C(NC1CC1)c1ccc(NCc2cc3ccccc3nc2Cl)cc1Cl. The summed E-state index contributed by atoms with van der Waals surface area (Å²) in [4.78, 5) is 16.6. The van der Waals surface area contributed by atoms with Gasteiger partial charge in [0, 0.05) is 29.2 Å². The van der Waals surface area contributed by atoms with Crippen LogP contribution in [0.25, 0.3) is 10.9 Å². The second-order valence-corrected chi connectivity index (χ2v) is 7.19. The molecule has 4 nitrogen and oxygen atoms in total. The van der Waals surface area contributed by atoms with Gasteiger partial charge in [-0.2, -0.15) is 0 Å². The summed E-state index contributed by atoms with van der Waals surface area (Å²) >= 11 is 12.6. The van der Waals surface area contributed by atoms with Gasteiger partial charge in [-0.15, -0.1) is 0 Å². The molecule has 4 rings (SSSR count). The Labute approximate surface area is 161 Å². The van der Waals surface area contributed by atoms with Crippen LogP contribution >= 0.6 is 23.2 Å². The van der Waals surface area contributed by atoms with Gasteiger partial charge in [0.2, 0.25) is 0 Å². The zero-order valence-corrected chi connectivity index (χ0v) is 15.4. The molecule has 1 aliphatic rings. The number of carbonyl (C=O) groups is 1. The maximum absolute atomic E-state index is 12.1. The van der Waals surface area contributed by atoms with Crippen LogP contribution in [0.5, 0.6) is 0 Å². The van der Waals surface area contributed by atoms with Gasteiger partial charge in [0.1, 0.15) is 5.15 Å². The number of rotatable bonds is 5. The van der Waals surface area contributed by atoms with E-state index in [1.54, 1.807) is 12.1 Å². The van der Waals surface area contributed by atoms with Gasteiger partial charge in [-0.25, -0.2) is 4.98 Å². The molecule has 1 aromatic heterocycles. The lowest BCUT2D eigenvalue weighted by Gasteiger charge is -2.11. The van der Waals surface area contributed by atoms with Crippen LogP contribution in [0.2, 0.25) is 10.2 Å². The van der Waals surface area contributed by atoms with Crippen molar-refractivity contribution in [1.29, 1.82) is 0 Å². The molecule has 1 saturated carbocycles. The molecular formula is C20H17Cl2N3O. The largest absolute Gasteiger partial charge is 0.381 e. The monoisotopic (exact) mass is 385 g/mol. The van der Waals surface area contributed by atoms with Crippen LogP contribution in [0.15, 0.2) is 48.5 Å². The van der Waals surface area contributed by atoms with Crippen molar-refractivity contribution in [2.24, 2.45) is 0 Å². The topological polar surface area (TPSA) is 54.0 Å². The molecule has 0 radical (unpaired) electrons. The van der Waals surface area contributed by atoms with Crippen molar-refractivity contribution in [2.75, 3.05) is 5.32 Å². The lowest BCUT2D eigenvalue weighted by atomic mass is 10.1. The molecule has 1 amide bonds. The van der Waals surface area contributed by atoms with Crippen molar-refractivity contribution in [3.05, 3.63) is 69.8 Å². The van der Waals surface area contributed by atoms with E-state index in [-0.39, 0.29) is 5.91 Å². The average molecular weight is 386 g/mol. The summed E-state index contributed by atoms with van der Waals surface area (Å²) in [6, 6.07) is 15.5. The van der Waals surface area contributed by atoms with Gasteiger partial charge in [0.15, 0.2) is 0 Å². The number of carbonyl (C=O) groups excluding carboxylic acids is 1. The van der Waals surface area contributed by atoms with Crippen molar-refractivity contribution in [3.8, 4) is 0 Å². The Morgan fingerprint density at radius 3 is 2.69 bits per heavy atom. The lowest BCUT2D eigenvalue weighted by molar-refractivity contribution is 0.0951. The number of anilines is 1. The molecule has 0 spiro atoms. The molecule has 1 fully saturated rings. The summed E-state index contributed by atoms with van der Waals surface area (Å²) in [6.07, 6.45) is 2.09. The Bertz CT molecular complexity index is 986. The Hall–Kier alpha value is -2.30. The number of nitrogens with zero attached hydrogens (tertiary/aromatic N) is 1. The number of para-hydroxylation sites is 1. The van der Waals surface area contributed by atoms with E-state index in [1.807, 2.05) is 36.4 Å². The van der Waals surface area contributed by atoms with E-state index in [2.05, 4.69) is 15.6 Å². The normalized spacial score (nSPS) is 13.6. The number of amides is 1. The molecule has 1 aliphatic carbocycles. The quantitative estimate of drug-likeness (QED) is 0.604. The molecule has 0 aliphatic heterocycles. The van der Waals surface area contributed by atoms with Crippen LogP contribution in [-0.4, -0.2) is 16.9 Å². The van der Waals surface area contributed by atoms with Crippen molar-refractivity contribution < 1.29 is 4.79 Å². The van der Waals surface area contributed by atoms with Gasteiger partial charge >= 0.3 is 0 Å². The molecule has 0 bridgehead atoms. The first-order valence-electron chi connectivity index (χ1n) is 8.48. The van der Waals surface area contributed by atoms with Gasteiger partial charge in [-0.3, -0.25) is 4.79 Å². The number of hydrogen-bond acceptors (Lipinski definition) is 3. The minimum Gasteiger partial charge on any atom is -0.381 e. The van der Waals surface area contributed by atoms with E-state index >= 15 is 0 Å². The number of benzene rings is 2. The number of nitrogens with one attached hydrogen (secondary N) is 2. The number of fused-ring (bicyclic) bond motifs is 1. The van der Waals surface area contributed by atoms with E-state index < -0.39 is 0 Å². The summed E-state index contributed by atoms with van der Waals surface area (Å²) in [5.74, 6) is -0.120. The van der Waals surface area contributed by atoms with Crippen molar-refractivity contribution in [2.45, 2.75) is 25.4 Å². The van der Waals surface area contributed by atoms with E-state index in [1.165, 1.54) is 0 Å². The van der Waals surface area contributed by atoms with Crippen molar-refractivity contribution in [1.82, 2.24) is 10.3 Å². The predicted octanol–water partition coefficient (Wildman–Crippen LogP) is 5.05. The highest BCUT2D eigenvalue weighted by Gasteiger charge is 2.24. The highest BCUT2D eigenvalue weighted by Crippen LogP contribution is 2.25. The second-order valence-electron chi connectivity index (χ2n) is 6.43. The molecule has 1 heterocycles. The third kappa shape index (κ3) is 3.76. The first-order valence-corrected chi connectivity index (χ1v) is 9.24. The number of hydrogen-bond donors (Lipinski definition) is 2. The summed E-state index contributed by atoms with van der Waals surface area (Å²) in [5.41, 5.74) is 3.09. The minimum absolute atomic E-state index is 0.120. The third-order valence-corrected chi connectivity index (χ3v) is 5.00. The first kappa shape index (κ1) is 17.1. The molecule has 0 saturated heterocycles. The molecule has 2 aromatic carbocycles. The molecule has 2 N–H and O–H groups in total. The Kier molecular flexibility index (Phi) is 4.70. The van der Waals surface area contributed by atoms with Crippen molar-refractivity contribution >= 4 is 45.7 Å². The fourth-order valence-corrected chi connectivity index (χ4v) is 3.24. The summed E-state index contributed by atoms with van der Waals surface area (Å²) in [6.45, 7) is 0.514. The molecule has 132 valence electrons. The Morgan fingerprint density at radius 1 is 1.12 bits per heavy atom. The maximum atomic E-state index is 12.1. The summed E-state index contributed by atoms with van der Waals surface area (Å²) < 4.78 is 0. The fraction of sp³-hybridized carbons (Fsp3) is 0.200. The zero-order valence-electron chi connectivity index (χ0n) is 13.9. The standard InChI is InChI=1S/C20H17Cl2N3O/c21-17-10-15(7-8-16(17)20(26)24-14-5-6-14)23-11-13-9-12-3-1-2-4-18(12)25-19(13)22/h1-4,7-10,14,23H,5-6,11H2,(H,24,26). The predicted molar refractivity (Wildman–Crippen MR) is 106 cm³/mol. The minimum atomic E-state index is -0.120. The first-order chi connectivity index (χ1) is 12.6. The van der Waals surface area contributed by atoms with Gasteiger partial charge in [-0.1, -0.05) is 41.4 Å². The number of pyridine rings is 1. The fourth-order valence-electron chi connectivity index (χ4n) is 2.76. The third-order valence-electron chi connectivity index (χ3n) is 4.36. The average Bonchev–Trinajstić information content (AvgIpc) is 3.44. The van der Waals surface area contributed by atoms with E-state index in [0.717, 1.165) is 35.0 Å². The van der Waals surface area contributed by atoms with Crippen LogP contribution in [0.4, 0.5) is 5.69 Å². The smallest absolute Gasteiger partial charge is 0.253 e. The van der Waals surface area contributed by atoms with E-state index in [9.17, 15) is 4.79 Å². The van der Waals surface area contributed by atoms with Gasteiger partial charge in [0.25, 0.3) is 5.91 Å². The van der Waals surface area contributed by atoms with Crippen LogP contribution in [0.3, 0.4) is 0 Å². The van der Waals surface area contributed by atoms with Gasteiger partial charge in [0.05, 0.1) is 16.1 Å². The second kappa shape index (κ2) is 7.14. The van der Waals surface area contributed by atoms with E-state index in [4.69, 9.17) is 23.2 Å². The van der Waals surface area contributed by atoms with Gasteiger partial charge in [-0.05, 0) is 43.2 Å². The molecule has 0 atom stereocenters. The molecule has 26 heavy (non-hydrogen) atoms. The Balaban J connectivity index is 1.48. The molecular weight excluding hydrogens is 369 g/mol. The molecule has 0 unspecified atom stereocenters. The lowest BCUT2D eigenvalue weighted by Crippen LogP contribution is -2.25. The van der Waals surface area contributed by atoms with Crippen molar-refractivity contribution in [3.63, 3.8) is 0 Å². The number of aromatic nitrogens is 1. The maximum Gasteiger partial charge on any atom is 0.253 e. The van der Waals surface area contributed by atoms with Crippen LogP contribution in [-0.2, 0) is 6.54 Å². The van der Waals surface area contributed by atoms with Crippen LogP contribution in [0.1, 0.15) is 28.8 Å². The highest BCUT2D eigenvalue weighted by molar-refractivity contribution is 6.34. The summed E-state index contributed by atoms with van der Waals surface area (Å²) in [7, 11) is 0. The van der Waals surface area contributed by atoms with Crippen LogP contribution in [0, 0.1) is 0 Å². The zero-order chi connectivity index (χ0) is 18.1. The molecule has 6 heteroatoms. The summed E-state index contributed by atoms with van der Waals surface area (Å²) in [5, 5.41) is 8.17. The van der Waals surface area contributed by atoms with Crippen LogP contribution < -0.4 is 10.6 Å². The number of halogens is 2.